The molecule has 0 unspecified atom stereocenters. The number of amides is 1. The molecule has 1 aromatic rings. The van der Waals surface area contributed by atoms with Crippen LogP contribution >= 0.6 is 0 Å². The molecule has 0 heterocycles. The molecule has 0 atom stereocenters. The number of nitrogens with one attached hydrogen (secondary N) is 2. The fraction of sp³-hybridized carbons (Fsp3) is 0.588. The highest BCUT2D eigenvalue weighted by Crippen LogP contribution is 2.55. The average molecular weight is 334 g/mol. The van der Waals surface area contributed by atoms with Crippen LogP contribution in [0.4, 0.5) is 5.69 Å². The highest BCUT2D eigenvalue weighted by Gasteiger charge is 2.52. The Labute approximate surface area is 136 Å². The van der Waals surface area contributed by atoms with Gasteiger partial charge in [-0.15, -0.1) is 0 Å². The number of hydrogen-bond donors (Lipinski definition) is 2. The lowest BCUT2D eigenvalue weighted by atomic mass is 9.53. The summed E-state index contributed by atoms with van der Waals surface area (Å²) < 4.78 is 28.6. The first-order chi connectivity index (χ1) is 11.0. The van der Waals surface area contributed by atoms with Gasteiger partial charge < -0.3 is 5.32 Å². The fourth-order valence-electron chi connectivity index (χ4n) is 5.38. The third-order valence-corrected chi connectivity index (χ3v) is 7.37. The fourth-order valence-corrected chi connectivity index (χ4v) is 6.81. The van der Waals surface area contributed by atoms with Crippen molar-refractivity contribution in [3.05, 3.63) is 24.3 Å². The number of hydrogen-bond acceptors (Lipinski definition) is 3. The molecule has 1 amide bonds. The normalized spacial score (nSPS) is 35.2. The zero-order valence-corrected chi connectivity index (χ0v) is 13.8. The summed E-state index contributed by atoms with van der Waals surface area (Å²) in [6, 6.07) is 6.33. The summed E-state index contributed by atoms with van der Waals surface area (Å²) in [5, 5.41) is 2.52. The van der Waals surface area contributed by atoms with Crippen molar-refractivity contribution >= 4 is 22.1 Å². The van der Waals surface area contributed by atoms with Gasteiger partial charge in [-0.2, -0.15) is 0 Å². The van der Waals surface area contributed by atoms with E-state index in [4.69, 9.17) is 0 Å². The van der Waals surface area contributed by atoms with Crippen LogP contribution in [-0.4, -0.2) is 20.4 Å². The maximum absolute atomic E-state index is 12.8. The van der Waals surface area contributed by atoms with Crippen LogP contribution < -0.4 is 10.0 Å². The maximum Gasteiger partial charge on any atom is 0.241 e. The van der Waals surface area contributed by atoms with Crippen molar-refractivity contribution in [1.82, 2.24) is 4.72 Å². The molecule has 0 aliphatic heterocycles. The van der Waals surface area contributed by atoms with Gasteiger partial charge in [0.2, 0.25) is 16.4 Å². The summed E-state index contributed by atoms with van der Waals surface area (Å²) in [7, 11) is -3.52. The van der Waals surface area contributed by atoms with Gasteiger partial charge in [0.25, 0.3) is 0 Å². The van der Waals surface area contributed by atoms with Gasteiger partial charge >= 0.3 is 0 Å². The van der Waals surface area contributed by atoms with Crippen molar-refractivity contribution in [2.24, 2.45) is 17.8 Å². The molecule has 0 aromatic heterocycles. The number of rotatable bonds is 5. The Hall–Kier alpha value is -1.40. The molecule has 6 heteroatoms. The molecule has 5 nitrogen and oxygen atoms in total. The minimum absolute atomic E-state index is 0.229. The molecule has 0 saturated heterocycles. The molecule has 5 rings (SSSR count). The average Bonchev–Trinajstić information content (AvgIpc) is 2.45. The van der Waals surface area contributed by atoms with Crippen molar-refractivity contribution in [1.29, 1.82) is 0 Å². The van der Waals surface area contributed by atoms with Crippen LogP contribution in [-0.2, 0) is 14.8 Å². The molecule has 124 valence electrons. The van der Waals surface area contributed by atoms with E-state index in [1.165, 1.54) is 19.3 Å². The molecule has 4 aliphatic rings. The first kappa shape index (κ1) is 15.1. The molecule has 1 aromatic carbocycles. The summed E-state index contributed by atoms with van der Waals surface area (Å²) in [6.07, 6.45) is 7.40. The van der Waals surface area contributed by atoms with E-state index in [2.05, 4.69) is 10.0 Å². The van der Waals surface area contributed by atoms with Crippen LogP contribution in [0.25, 0.3) is 0 Å². The minimum Gasteiger partial charge on any atom is -0.329 e. The lowest BCUT2D eigenvalue weighted by molar-refractivity contribution is -0.105. The van der Waals surface area contributed by atoms with Gasteiger partial charge in [-0.1, -0.05) is 0 Å². The monoisotopic (exact) mass is 334 g/mol. The summed E-state index contributed by atoms with van der Waals surface area (Å²) in [6.45, 7) is 0. The van der Waals surface area contributed by atoms with E-state index in [0.717, 1.165) is 19.3 Å². The van der Waals surface area contributed by atoms with E-state index >= 15 is 0 Å². The van der Waals surface area contributed by atoms with Crippen LogP contribution in [0.1, 0.15) is 38.5 Å². The number of anilines is 1. The van der Waals surface area contributed by atoms with Gasteiger partial charge in [-0.05, 0) is 80.5 Å². The second-order valence-corrected chi connectivity index (χ2v) is 9.27. The molecule has 2 N–H and O–H groups in total. The first-order valence-electron chi connectivity index (χ1n) is 8.32. The highest BCUT2D eigenvalue weighted by molar-refractivity contribution is 7.89. The van der Waals surface area contributed by atoms with Crippen LogP contribution in [0.3, 0.4) is 0 Å². The van der Waals surface area contributed by atoms with Crippen LogP contribution in [0, 0.1) is 17.8 Å². The van der Waals surface area contributed by atoms with Gasteiger partial charge in [0, 0.05) is 11.2 Å². The lowest BCUT2D eigenvalue weighted by Gasteiger charge is -2.56. The summed E-state index contributed by atoms with van der Waals surface area (Å²) in [5.41, 5.74) is 0.363. The Morgan fingerprint density at radius 3 is 1.96 bits per heavy atom. The van der Waals surface area contributed by atoms with Crippen molar-refractivity contribution in [2.45, 2.75) is 49.0 Å². The van der Waals surface area contributed by atoms with Gasteiger partial charge in [0.05, 0.1) is 4.90 Å². The van der Waals surface area contributed by atoms with Gasteiger partial charge in [0.15, 0.2) is 0 Å². The predicted octanol–water partition coefficient (Wildman–Crippen LogP) is 2.50. The second-order valence-electron chi connectivity index (χ2n) is 7.59. The summed E-state index contributed by atoms with van der Waals surface area (Å²) in [5.74, 6) is 2.09. The quantitative estimate of drug-likeness (QED) is 0.813. The maximum atomic E-state index is 12.8. The van der Waals surface area contributed by atoms with Gasteiger partial charge in [-0.25, -0.2) is 13.1 Å². The summed E-state index contributed by atoms with van der Waals surface area (Å²) in [4.78, 5) is 10.7. The zero-order valence-electron chi connectivity index (χ0n) is 13.0. The zero-order chi connectivity index (χ0) is 16.1. The second kappa shape index (κ2) is 5.31. The molecule has 23 heavy (non-hydrogen) atoms. The Kier molecular flexibility index (Phi) is 3.50. The molecule has 4 bridgehead atoms. The van der Waals surface area contributed by atoms with E-state index < -0.39 is 10.0 Å². The third kappa shape index (κ3) is 2.78. The smallest absolute Gasteiger partial charge is 0.241 e. The summed E-state index contributed by atoms with van der Waals surface area (Å²) >= 11 is 0. The minimum atomic E-state index is -3.52. The van der Waals surface area contributed by atoms with E-state index in [0.29, 0.717) is 29.9 Å². The SMILES string of the molecule is O=CNc1ccc(S(=O)(=O)NC23CC4CC(CC(C4)C2)C3)cc1. The van der Waals surface area contributed by atoms with E-state index in [1.54, 1.807) is 24.3 Å². The predicted molar refractivity (Wildman–Crippen MR) is 87.4 cm³/mol. The molecule has 0 spiro atoms. The highest BCUT2D eigenvalue weighted by atomic mass is 32.2. The number of carbonyl (C=O) groups excluding carboxylic acids is 1. The number of sulfonamides is 1. The number of carbonyl (C=O) groups is 1. The van der Waals surface area contributed by atoms with Crippen molar-refractivity contribution in [2.75, 3.05) is 5.32 Å². The molecule has 4 saturated carbocycles. The van der Waals surface area contributed by atoms with E-state index in [1.807, 2.05) is 0 Å². The third-order valence-electron chi connectivity index (χ3n) is 5.78. The van der Waals surface area contributed by atoms with Gasteiger partial charge in [-0.3, -0.25) is 4.79 Å². The standard InChI is InChI=1S/C17H22N2O3S/c20-11-18-15-1-3-16(4-2-15)23(21,22)19-17-8-12-5-13(9-17)7-14(6-12)10-17/h1-4,11-14,19H,5-10H2,(H,18,20). The molecule has 0 radical (unpaired) electrons. The first-order valence-corrected chi connectivity index (χ1v) is 9.81. The Morgan fingerprint density at radius 1 is 0.957 bits per heavy atom. The molecule has 4 fully saturated rings. The Balaban J connectivity index is 1.56. The Morgan fingerprint density at radius 2 is 1.48 bits per heavy atom. The lowest BCUT2D eigenvalue weighted by Crippen LogP contribution is -2.59. The van der Waals surface area contributed by atoms with Crippen LogP contribution in [0.5, 0.6) is 0 Å². The van der Waals surface area contributed by atoms with Crippen LogP contribution in [0.15, 0.2) is 29.2 Å². The van der Waals surface area contributed by atoms with Gasteiger partial charge in [0.1, 0.15) is 0 Å². The van der Waals surface area contributed by atoms with Crippen molar-refractivity contribution in [3.8, 4) is 0 Å². The Bertz CT molecular complexity index is 677. The topological polar surface area (TPSA) is 75.3 Å². The molecular weight excluding hydrogens is 312 g/mol. The largest absolute Gasteiger partial charge is 0.329 e. The van der Waals surface area contributed by atoms with Crippen molar-refractivity contribution < 1.29 is 13.2 Å². The molecule has 4 aliphatic carbocycles. The van der Waals surface area contributed by atoms with Crippen molar-refractivity contribution in [3.63, 3.8) is 0 Å². The van der Waals surface area contributed by atoms with Crippen LogP contribution in [0.2, 0.25) is 0 Å². The van der Waals surface area contributed by atoms with E-state index in [-0.39, 0.29) is 10.4 Å². The molecular formula is C17H22N2O3S. The number of benzene rings is 1. The van der Waals surface area contributed by atoms with E-state index in [9.17, 15) is 13.2 Å².